The fourth-order valence-corrected chi connectivity index (χ4v) is 3.90. The fourth-order valence-electron chi connectivity index (χ4n) is 2.42. The van der Waals surface area contributed by atoms with Crippen molar-refractivity contribution in [3.8, 4) is 0 Å². The summed E-state index contributed by atoms with van der Waals surface area (Å²) in [6.07, 6.45) is 6.72. The van der Waals surface area contributed by atoms with Crippen LogP contribution in [-0.4, -0.2) is 30.8 Å². The number of pyridine rings is 1. The minimum absolute atomic E-state index is 0.0696. The predicted molar refractivity (Wildman–Crippen MR) is 70.5 cm³/mol. The first kappa shape index (κ1) is 13.3. The summed E-state index contributed by atoms with van der Waals surface area (Å²) in [5, 5.41) is 0. The molecule has 1 aromatic heterocycles. The first-order valence-corrected chi connectivity index (χ1v) is 7.66. The molecule has 0 aliphatic heterocycles. The third-order valence-corrected chi connectivity index (χ3v) is 5.50. The van der Waals surface area contributed by atoms with Gasteiger partial charge in [-0.05, 0) is 25.0 Å². The molecule has 0 spiro atoms. The average Bonchev–Trinajstić information content (AvgIpc) is 2.39. The zero-order valence-corrected chi connectivity index (χ0v) is 11.4. The number of hydrogen-bond donors (Lipinski definition) is 1. The quantitative estimate of drug-likeness (QED) is 0.904. The number of nitrogen functional groups attached to an aromatic ring is 1. The summed E-state index contributed by atoms with van der Waals surface area (Å²) < 4.78 is 26.4. The molecule has 100 valence electrons. The van der Waals surface area contributed by atoms with Gasteiger partial charge in [0.05, 0.1) is 0 Å². The largest absolute Gasteiger partial charge is 0.383 e. The van der Waals surface area contributed by atoms with Crippen LogP contribution in [0.25, 0.3) is 0 Å². The van der Waals surface area contributed by atoms with Crippen LogP contribution >= 0.6 is 0 Å². The Labute approximate surface area is 108 Å². The van der Waals surface area contributed by atoms with E-state index in [-0.39, 0.29) is 16.8 Å². The molecule has 1 fully saturated rings. The number of aromatic nitrogens is 1. The van der Waals surface area contributed by atoms with Crippen molar-refractivity contribution in [1.29, 1.82) is 0 Å². The van der Waals surface area contributed by atoms with Gasteiger partial charge in [-0.25, -0.2) is 13.4 Å². The van der Waals surface area contributed by atoms with Crippen LogP contribution < -0.4 is 5.73 Å². The number of nitrogens with two attached hydrogens (primary N) is 1. The number of rotatable bonds is 3. The van der Waals surface area contributed by atoms with E-state index in [1.165, 1.54) is 23.0 Å². The second kappa shape index (κ2) is 5.24. The summed E-state index contributed by atoms with van der Waals surface area (Å²) >= 11 is 0. The van der Waals surface area contributed by atoms with E-state index < -0.39 is 10.0 Å². The minimum Gasteiger partial charge on any atom is -0.383 e. The van der Waals surface area contributed by atoms with Crippen LogP contribution in [0, 0.1) is 0 Å². The first-order chi connectivity index (χ1) is 8.53. The third kappa shape index (κ3) is 2.49. The standard InChI is InChI=1S/C12H19N3O2S/c1-15(10-6-3-2-4-7-10)18(16,17)11-8-5-9-14-12(11)13/h5,8-10H,2-4,6-7H2,1H3,(H2,13,14). The maximum Gasteiger partial charge on any atom is 0.246 e. The highest BCUT2D eigenvalue weighted by molar-refractivity contribution is 7.89. The highest BCUT2D eigenvalue weighted by Crippen LogP contribution is 2.27. The van der Waals surface area contributed by atoms with Gasteiger partial charge in [0.15, 0.2) is 0 Å². The molecular weight excluding hydrogens is 250 g/mol. The van der Waals surface area contributed by atoms with Gasteiger partial charge in [-0.3, -0.25) is 0 Å². The lowest BCUT2D eigenvalue weighted by atomic mass is 9.96. The molecule has 0 unspecified atom stereocenters. The molecule has 1 heterocycles. The van der Waals surface area contributed by atoms with E-state index in [9.17, 15) is 8.42 Å². The Hall–Kier alpha value is -1.14. The van der Waals surface area contributed by atoms with E-state index >= 15 is 0 Å². The van der Waals surface area contributed by atoms with E-state index in [0.717, 1.165) is 25.7 Å². The molecule has 6 heteroatoms. The van der Waals surface area contributed by atoms with Crippen LogP contribution in [0.3, 0.4) is 0 Å². The van der Waals surface area contributed by atoms with Crippen LogP contribution in [0.5, 0.6) is 0 Å². The lowest BCUT2D eigenvalue weighted by molar-refractivity contribution is 0.286. The summed E-state index contributed by atoms with van der Waals surface area (Å²) in [5.74, 6) is 0.0696. The van der Waals surface area contributed by atoms with Crippen LogP contribution in [-0.2, 0) is 10.0 Å². The molecule has 1 aromatic rings. The van der Waals surface area contributed by atoms with Crippen molar-refractivity contribution in [2.45, 2.75) is 43.0 Å². The Bertz CT molecular complexity index is 510. The second-order valence-corrected chi connectivity index (χ2v) is 6.67. The van der Waals surface area contributed by atoms with Gasteiger partial charge in [0.1, 0.15) is 10.7 Å². The van der Waals surface area contributed by atoms with E-state index in [0.29, 0.717) is 0 Å². The number of anilines is 1. The van der Waals surface area contributed by atoms with Gasteiger partial charge >= 0.3 is 0 Å². The van der Waals surface area contributed by atoms with E-state index in [1.807, 2.05) is 0 Å². The van der Waals surface area contributed by atoms with Gasteiger partial charge < -0.3 is 5.73 Å². The number of sulfonamides is 1. The highest BCUT2D eigenvalue weighted by atomic mass is 32.2. The Morgan fingerprint density at radius 3 is 2.61 bits per heavy atom. The molecule has 2 N–H and O–H groups in total. The zero-order chi connectivity index (χ0) is 13.2. The average molecular weight is 269 g/mol. The molecule has 0 saturated heterocycles. The van der Waals surface area contributed by atoms with Gasteiger partial charge in [0.2, 0.25) is 10.0 Å². The first-order valence-electron chi connectivity index (χ1n) is 6.22. The fraction of sp³-hybridized carbons (Fsp3) is 0.583. The molecule has 1 aliphatic rings. The molecule has 18 heavy (non-hydrogen) atoms. The van der Waals surface area contributed by atoms with Gasteiger partial charge in [0.25, 0.3) is 0 Å². The maximum absolute atomic E-state index is 12.5. The van der Waals surface area contributed by atoms with E-state index in [1.54, 1.807) is 13.1 Å². The Balaban J connectivity index is 2.28. The molecule has 0 aromatic carbocycles. The van der Waals surface area contributed by atoms with Crippen LogP contribution in [0.1, 0.15) is 32.1 Å². The Morgan fingerprint density at radius 1 is 1.33 bits per heavy atom. The summed E-state index contributed by atoms with van der Waals surface area (Å²) in [6.45, 7) is 0. The molecule has 0 bridgehead atoms. The summed E-state index contributed by atoms with van der Waals surface area (Å²) in [4.78, 5) is 3.95. The SMILES string of the molecule is CN(C1CCCCC1)S(=O)(=O)c1cccnc1N. The lowest BCUT2D eigenvalue weighted by Crippen LogP contribution is -2.38. The molecular formula is C12H19N3O2S. The number of hydrogen-bond acceptors (Lipinski definition) is 4. The Morgan fingerprint density at radius 2 is 2.00 bits per heavy atom. The topological polar surface area (TPSA) is 76.3 Å². The molecule has 0 radical (unpaired) electrons. The van der Waals surface area contributed by atoms with Gasteiger partial charge in [0, 0.05) is 19.3 Å². The normalized spacial score (nSPS) is 18.1. The van der Waals surface area contributed by atoms with Crippen LogP contribution in [0.2, 0.25) is 0 Å². The smallest absolute Gasteiger partial charge is 0.246 e. The Kier molecular flexibility index (Phi) is 3.87. The van der Waals surface area contributed by atoms with Crippen molar-refractivity contribution in [2.24, 2.45) is 0 Å². The second-order valence-electron chi connectivity index (χ2n) is 4.70. The van der Waals surface area contributed by atoms with E-state index in [2.05, 4.69) is 4.98 Å². The molecule has 0 amide bonds. The van der Waals surface area contributed by atoms with Crippen LogP contribution in [0.4, 0.5) is 5.82 Å². The summed E-state index contributed by atoms with van der Waals surface area (Å²) in [5.41, 5.74) is 5.66. The van der Waals surface area contributed by atoms with Crippen molar-refractivity contribution in [3.63, 3.8) is 0 Å². The van der Waals surface area contributed by atoms with Crippen LogP contribution in [0.15, 0.2) is 23.2 Å². The highest BCUT2D eigenvalue weighted by Gasteiger charge is 2.30. The van der Waals surface area contributed by atoms with Crippen molar-refractivity contribution < 1.29 is 8.42 Å². The van der Waals surface area contributed by atoms with Gasteiger partial charge in [-0.2, -0.15) is 4.31 Å². The van der Waals surface area contributed by atoms with Crippen molar-refractivity contribution in [2.75, 3.05) is 12.8 Å². The van der Waals surface area contributed by atoms with Gasteiger partial charge in [-0.15, -0.1) is 0 Å². The zero-order valence-electron chi connectivity index (χ0n) is 10.5. The monoisotopic (exact) mass is 269 g/mol. The third-order valence-electron chi connectivity index (χ3n) is 3.55. The predicted octanol–water partition coefficient (Wildman–Crippen LogP) is 1.62. The van der Waals surface area contributed by atoms with E-state index in [4.69, 9.17) is 5.73 Å². The molecule has 5 nitrogen and oxygen atoms in total. The molecule has 1 aliphatic carbocycles. The van der Waals surface area contributed by atoms with Crippen molar-refractivity contribution in [3.05, 3.63) is 18.3 Å². The lowest BCUT2D eigenvalue weighted by Gasteiger charge is -2.30. The number of nitrogens with zero attached hydrogens (tertiary/aromatic N) is 2. The van der Waals surface area contributed by atoms with Crippen molar-refractivity contribution >= 4 is 15.8 Å². The summed E-state index contributed by atoms with van der Waals surface area (Å²) in [6, 6.07) is 3.19. The molecule has 1 saturated carbocycles. The summed E-state index contributed by atoms with van der Waals surface area (Å²) in [7, 11) is -1.89. The maximum atomic E-state index is 12.5. The molecule has 2 rings (SSSR count). The minimum atomic E-state index is -3.52. The van der Waals surface area contributed by atoms with Gasteiger partial charge in [-0.1, -0.05) is 19.3 Å². The van der Waals surface area contributed by atoms with Crippen molar-refractivity contribution in [1.82, 2.24) is 9.29 Å². The molecule has 0 atom stereocenters.